The zero-order chi connectivity index (χ0) is 17.8. The Labute approximate surface area is 150 Å². The van der Waals surface area contributed by atoms with E-state index in [-0.39, 0.29) is 0 Å². The summed E-state index contributed by atoms with van der Waals surface area (Å²) >= 11 is 0. The molecule has 2 saturated heterocycles. The fourth-order valence-corrected chi connectivity index (χ4v) is 3.62. The van der Waals surface area contributed by atoms with Crippen molar-refractivity contribution in [3.05, 3.63) is 29.3 Å². The first-order valence-corrected chi connectivity index (χ1v) is 9.20. The van der Waals surface area contributed by atoms with Gasteiger partial charge in [-0.3, -0.25) is 4.90 Å². The molecule has 0 spiro atoms. The van der Waals surface area contributed by atoms with Gasteiger partial charge >= 0.3 is 6.09 Å². The van der Waals surface area contributed by atoms with Gasteiger partial charge in [-0.15, -0.1) is 0 Å². The minimum absolute atomic E-state index is 0.469. The molecule has 6 heteroatoms. The van der Waals surface area contributed by atoms with Crippen molar-refractivity contribution >= 4 is 11.8 Å². The van der Waals surface area contributed by atoms with Gasteiger partial charge in [0.25, 0.3) is 0 Å². The summed E-state index contributed by atoms with van der Waals surface area (Å²) in [5.41, 5.74) is 4.03. The first-order chi connectivity index (χ1) is 12.0. The highest BCUT2D eigenvalue weighted by Crippen LogP contribution is 2.27. The Balaban J connectivity index is 1.69. The first-order valence-electron chi connectivity index (χ1n) is 9.20. The third-order valence-electron chi connectivity index (χ3n) is 5.16. The highest BCUT2D eigenvalue weighted by molar-refractivity contribution is 5.65. The molecule has 1 amide bonds. The molecule has 3 rings (SSSR count). The zero-order valence-corrected chi connectivity index (χ0v) is 15.3. The average Bonchev–Trinajstić information content (AvgIpc) is 2.63. The summed E-state index contributed by atoms with van der Waals surface area (Å²) in [7, 11) is 0. The largest absolute Gasteiger partial charge is 0.465 e. The summed E-state index contributed by atoms with van der Waals surface area (Å²) in [6.45, 7) is 11.7. The maximum absolute atomic E-state index is 11.0. The number of ether oxygens (including phenoxy) is 1. The Morgan fingerprint density at radius 1 is 1.12 bits per heavy atom. The molecule has 2 fully saturated rings. The fraction of sp³-hybridized carbons (Fsp3) is 0.632. The normalized spacial score (nSPS) is 19.5. The predicted octanol–water partition coefficient (Wildman–Crippen LogP) is 2.44. The second kappa shape index (κ2) is 8.06. The Kier molecular flexibility index (Phi) is 5.81. The number of morpholine rings is 1. The monoisotopic (exact) mass is 347 g/mol. The van der Waals surface area contributed by atoms with Gasteiger partial charge < -0.3 is 19.6 Å². The number of carboxylic acid groups (broad SMARTS) is 1. The van der Waals surface area contributed by atoms with E-state index in [1.165, 1.54) is 21.7 Å². The van der Waals surface area contributed by atoms with Gasteiger partial charge in [0.2, 0.25) is 0 Å². The van der Waals surface area contributed by atoms with Gasteiger partial charge in [0.1, 0.15) is 0 Å². The second-order valence-electron chi connectivity index (χ2n) is 7.18. The van der Waals surface area contributed by atoms with E-state index < -0.39 is 6.09 Å². The molecular weight excluding hydrogens is 318 g/mol. The van der Waals surface area contributed by atoms with Crippen LogP contribution in [-0.4, -0.2) is 73.5 Å². The highest BCUT2D eigenvalue weighted by Gasteiger charge is 2.22. The maximum Gasteiger partial charge on any atom is 0.407 e. The van der Waals surface area contributed by atoms with Gasteiger partial charge in [-0.1, -0.05) is 19.9 Å². The van der Waals surface area contributed by atoms with Crippen LogP contribution in [0.15, 0.2) is 18.2 Å². The summed E-state index contributed by atoms with van der Waals surface area (Å²) in [6, 6.07) is 6.81. The Bertz CT molecular complexity index is 592. The van der Waals surface area contributed by atoms with Gasteiger partial charge in [0.15, 0.2) is 0 Å². The first kappa shape index (κ1) is 18.0. The van der Waals surface area contributed by atoms with Crippen LogP contribution in [0.1, 0.15) is 30.9 Å². The van der Waals surface area contributed by atoms with Gasteiger partial charge in [-0.05, 0) is 29.2 Å². The van der Waals surface area contributed by atoms with Gasteiger partial charge in [0, 0.05) is 51.5 Å². The van der Waals surface area contributed by atoms with Crippen LogP contribution < -0.4 is 4.90 Å². The standard InChI is InChI=1S/C19H29N3O3/c1-15(2)18-13-17(21-9-11-25-12-10-21)4-3-16(18)14-20-5-7-22(8-6-20)19(23)24/h3-4,13,15H,5-12,14H2,1-2H3,(H,23,24). The van der Waals surface area contributed by atoms with Crippen LogP contribution >= 0.6 is 0 Å². The molecule has 0 unspecified atom stereocenters. The number of nitrogens with zero attached hydrogens (tertiary/aromatic N) is 3. The molecule has 1 aromatic rings. The molecule has 2 aliphatic heterocycles. The quantitative estimate of drug-likeness (QED) is 0.907. The SMILES string of the molecule is CC(C)c1cc(N2CCOCC2)ccc1CN1CCN(C(=O)O)CC1. The number of anilines is 1. The van der Waals surface area contributed by atoms with Gasteiger partial charge in [-0.2, -0.15) is 0 Å². The van der Waals surface area contributed by atoms with Crippen LogP contribution in [0.5, 0.6) is 0 Å². The van der Waals surface area contributed by atoms with E-state index in [0.29, 0.717) is 19.0 Å². The van der Waals surface area contributed by atoms with E-state index in [1.807, 2.05) is 0 Å². The van der Waals surface area contributed by atoms with E-state index in [0.717, 1.165) is 45.9 Å². The summed E-state index contributed by atoms with van der Waals surface area (Å²) < 4.78 is 5.45. The molecule has 1 aromatic carbocycles. The van der Waals surface area contributed by atoms with Crippen molar-refractivity contribution in [2.24, 2.45) is 0 Å². The summed E-state index contributed by atoms with van der Waals surface area (Å²) in [5, 5.41) is 9.08. The zero-order valence-electron chi connectivity index (χ0n) is 15.3. The van der Waals surface area contributed by atoms with Crippen molar-refractivity contribution in [1.29, 1.82) is 0 Å². The molecule has 1 N–H and O–H groups in total. The van der Waals surface area contributed by atoms with Gasteiger partial charge in [0.05, 0.1) is 13.2 Å². The number of piperazine rings is 1. The lowest BCUT2D eigenvalue weighted by molar-refractivity contribution is 0.103. The van der Waals surface area contributed by atoms with E-state index in [9.17, 15) is 4.79 Å². The smallest absolute Gasteiger partial charge is 0.407 e. The molecule has 25 heavy (non-hydrogen) atoms. The summed E-state index contributed by atoms with van der Waals surface area (Å²) in [5.74, 6) is 0.469. The molecule has 6 nitrogen and oxygen atoms in total. The minimum Gasteiger partial charge on any atom is -0.465 e. The third kappa shape index (κ3) is 4.44. The Morgan fingerprint density at radius 2 is 1.80 bits per heavy atom. The molecule has 2 aliphatic rings. The molecule has 0 saturated carbocycles. The lowest BCUT2D eigenvalue weighted by atomic mass is 9.95. The van der Waals surface area contributed by atoms with E-state index >= 15 is 0 Å². The number of amides is 1. The van der Waals surface area contributed by atoms with Crippen LogP contribution in [0, 0.1) is 0 Å². The third-order valence-corrected chi connectivity index (χ3v) is 5.16. The predicted molar refractivity (Wildman–Crippen MR) is 98.4 cm³/mol. The summed E-state index contributed by atoms with van der Waals surface area (Å²) in [6.07, 6.45) is -0.808. The second-order valence-corrected chi connectivity index (χ2v) is 7.18. The highest BCUT2D eigenvalue weighted by atomic mass is 16.5. The molecule has 0 aromatic heterocycles. The number of rotatable bonds is 4. The maximum atomic E-state index is 11.0. The number of hydrogen-bond donors (Lipinski definition) is 1. The van der Waals surface area contributed by atoms with E-state index in [2.05, 4.69) is 41.8 Å². The van der Waals surface area contributed by atoms with Crippen molar-refractivity contribution < 1.29 is 14.6 Å². The fourth-order valence-electron chi connectivity index (χ4n) is 3.62. The molecule has 0 aliphatic carbocycles. The number of benzene rings is 1. The summed E-state index contributed by atoms with van der Waals surface area (Å²) in [4.78, 5) is 17.3. The molecule has 138 valence electrons. The molecule has 0 radical (unpaired) electrons. The molecule has 2 heterocycles. The van der Waals surface area contributed by atoms with Crippen molar-refractivity contribution in [3.8, 4) is 0 Å². The number of hydrogen-bond acceptors (Lipinski definition) is 4. The molecule has 0 bridgehead atoms. The Morgan fingerprint density at radius 3 is 2.40 bits per heavy atom. The number of carbonyl (C=O) groups is 1. The van der Waals surface area contributed by atoms with Gasteiger partial charge in [-0.25, -0.2) is 4.79 Å². The molecular formula is C19H29N3O3. The van der Waals surface area contributed by atoms with Crippen LogP contribution in [0.3, 0.4) is 0 Å². The average molecular weight is 347 g/mol. The van der Waals surface area contributed by atoms with Crippen LogP contribution in [0.25, 0.3) is 0 Å². The lowest BCUT2D eigenvalue weighted by Gasteiger charge is -2.34. The van der Waals surface area contributed by atoms with Crippen LogP contribution in [-0.2, 0) is 11.3 Å². The van der Waals surface area contributed by atoms with Crippen LogP contribution in [0.2, 0.25) is 0 Å². The van der Waals surface area contributed by atoms with E-state index in [4.69, 9.17) is 9.84 Å². The topological polar surface area (TPSA) is 56.2 Å². The van der Waals surface area contributed by atoms with Crippen molar-refractivity contribution in [3.63, 3.8) is 0 Å². The molecule has 0 atom stereocenters. The lowest BCUT2D eigenvalue weighted by Crippen LogP contribution is -2.47. The van der Waals surface area contributed by atoms with E-state index in [1.54, 1.807) is 0 Å². The van der Waals surface area contributed by atoms with Crippen molar-refractivity contribution in [2.75, 3.05) is 57.4 Å². The van der Waals surface area contributed by atoms with Crippen molar-refractivity contribution in [2.45, 2.75) is 26.3 Å². The van der Waals surface area contributed by atoms with Crippen LogP contribution in [0.4, 0.5) is 10.5 Å². The van der Waals surface area contributed by atoms with Crippen molar-refractivity contribution in [1.82, 2.24) is 9.80 Å². The minimum atomic E-state index is -0.808. The Hall–Kier alpha value is -1.79.